The molecular formula is C12H19N5. The Morgan fingerprint density at radius 3 is 2.82 bits per heavy atom. The second-order valence-electron chi connectivity index (χ2n) is 4.93. The van der Waals surface area contributed by atoms with E-state index in [4.69, 9.17) is 0 Å². The Labute approximate surface area is 102 Å². The van der Waals surface area contributed by atoms with E-state index >= 15 is 0 Å². The van der Waals surface area contributed by atoms with E-state index < -0.39 is 0 Å². The zero-order valence-corrected chi connectivity index (χ0v) is 10.8. The molecule has 1 aromatic heterocycles. The molecule has 92 valence electrons. The monoisotopic (exact) mass is 233 g/mol. The van der Waals surface area contributed by atoms with E-state index in [1.807, 2.05) is 23.7 Å². The molecule has 0 amide bonds. The highest BCUT2D eigenvalue weighted by molar-refractivity contribution is 5.38. The molecule has 1 aliphatic heterocycles. The fraction of sp³-hybridized carbons (Fsp3) is 0.667. The first-order valence-electron chi connectivity index (χ1n) is 5.93. The van der Waals surface area contributed by atoms with Crippen LogP contribution in [0.4, 0.5) is 0 Å². The number of nitrogens with zero attached hydrogens (tertiary/aromatic N) is 5. The van der Waals surface area contributed by atoms with Gasteiger partial charge in [-0.2, -0.15) is 10.4 Å². The van der Waals surface area contributed by atoms with Gasteiger partial charge in [0.15, 0.2) is 0 Å². The Morgan fingerprint density at radius 1 is 1.41 bits per heavy atom. The molecule has 1 aromatic rings. The van der Waals surface area contributed by atoms with Crippen molar-refractivity contribution in [1.82, 2.24) is 19.6 Å². The molecule has 0 saturated heterocycles. The van der Waals surface area contributed by atoms with Gasteiger partial charge in [0.05, 0.1) is 17.0 Å². The summed E-state index contributed by atoms with van der Waals surface area (Å²) in [4.78, 5) is 4.30. The highest BCUT2D eigenvalue weighted by Gasteiger charge is 2.21. The van der Waals surface area contributed by atoms with Crippen LogP contribution < -0.4 is 0 Å². The molecule has 5 heteroatoms. The molecule has 1 aliphatic rings. The van der Waals surface area contributed by atoms with Crippen molar-refractivity contribution in [3.8, 4) is 6.07 Å². The minimum atomic E-state index is 0.729. The predicted octanol–water partition coefficient (Wildman–Crippen LogP) is 0.652. The van der Waals surface area contributed by atoms with Crippen LogP contribution in [0.25, 0.3) is 0 Å². The highest BCUT2D eigenvalue weighted by atomic mass is 15.3. The van der Waals surface area contributed by atoms with Gasteiger partial charge in [-0.15, -0.1) is 0 Å². The molecule has 0 saturated carbocycles. The van der Waals surface area contributed by atoms with E-state index in [-0.39, 0.29) is 0 Å². The Hall–Kier alpha value is -1.38. The number of nitriles is 1. The summed E-state index contributed by atoms with van der Waals surface area (Å²) in [5.74, 6) is 0. The van der Waals surface area contributed by atoms with E-state index in [1.54, 1.807) is 0 Å². The van der Waals surface area contributed by atoms with Crippen LogP contribution in [0.3, 0.4) is 0 Å². The van der Waals surface area contributed by atoms with Crippen molar-refractivity contribution in [3.63, 3.8) is 0 Å². The maximum absolute atomic E-state index is 9.31. The normalized spacial score (nSPS) is 16.6. The van der Waals surface area contributed by atoms with Crippen LogP contribution in [0.15, 0.2) is 0 Å². The zero-order valence-electron chi connectivity index (χ0n) is 10.8. The molecule has 0 N–H and O–H groups in total. The van der Waals surface area contributed by atoms with E-state index in [2.05, 4.69) is 23.1 Å². The molecule has 0 fully saturated rings. The lowest BCUT2D eigenvalue weighted by Crippen LogP contribution is -2.18. The minimum Gasteiger partial charge on any atom is -0.303 e. The summed E-state index contributed by atoms with van der Waals surface area (Å²) in [6, 6.07) is 2.32. The van der Waals surface area contributed by atoms with Gasteiger partial charge < -0.3 is 9.80 Å². The number of hydrogen-bond donors (Lipinski definition) is 0. The number of aromatic nitrogens is 2. The SMILES string of the molecule is CN(C)Cc1nn2c(c1C#N)CN(C)CCC2. The third-order valence-electron chi connectivity index (χ3n) is 3.04. The molecule has 5 nitrogen and oxygen atoms in total. The summed E-state index contributed by atoms with van der Waals surface area (Å²) in [5, 5.41) is 13.9. The standard InChI is InChI=1S/C12H19N5/c1-15(2)8-11-10(7-13)12-9-16(3)5-4-6-17(12)14-11/h4-6,8-9H2,1-3H3. The summed E-state index contributed by atoms with van der Waals surface area (Å²) in [5.41, 5.74) is 2.75. The summed E-state index contributed by atoms with van der Waals surface area (Å²) >= 11 is 0. The highest BCUT2D eigenvalue weighted by Crippen LogP contribution is 2.19. The number of aryl methyl sites for hydroxylation is 1. The lowest BCUT2D eigenvalue weighted by atomic mass is 10.2. The maximum atomic E-state index is 9.31. The summed E-state index contributed by atoms with van der Waals surface area (Å²) in [6.45, 7) is 3.54. The van der Waals surface area contributed by atoms with E-state index in [0.29, 0.717) is 0 Å². The van der Waals surface area contributed by atoms with Crippen molar-refractivity contribution < 1.29 is 0 Å². The Balaban J connectivity index is 2.39. The first kappa shape index (κ1) is 12.1. The minimum absolute atomic E-state index is 0.729. The van der Waals surface area contributed by atoms with Crippen LogP contribution in [0.5, 0.6) is 0 Å². The fourth-order valence-corrected chi connectivity index (χ4v) is 2.26. The number of hydrogen-bond acceptors (Lipinski definition) is 4. The first-order chi connectivity index (χ1) is 8.11. The fourth-order valence-electron chi connectivity index (χ4n) is 2.26. The van der Waals surface area contributed by atoms with Crippen molar-refractivity contribution >= 4 is 0 Å². The van der Waals surface area contributed by atoms with Crippen LogP contribution in [0, 0.1) is 11.3 Å². The third kappa shape index (κ3) is 2.48. The van der Waals surface area contributed by atoms with Crippen molar-refractivity contribution in [3.05, 3.63) is 17.0 Å². The van der Waals surface area contributed by atoms with Crippen LogP contribution in [-0.2, 0) is 19.6 Å². The third-order valence-corrected chi connectivity index (χ3v) is 3.04. The van der Waals surface area contributed by atoms with Crippen molar-refractivity contribution in [2.24, 2.45) is 0 Å². The Kier molecular flexibility index (Phi) is 3.46. The molecule has 0 spiro atoms. The van der Waals surface area contributed by atoms with Gasteiger partial charge in [-0.1, -0.05) is 0 Å². The molecule has 0 unspecified atom stereocenters. The van der Waals surface area contributed by atoms with Crippen molar-refractivity contribution in [2.75, 3.05) is 27.7 Å². The van der Waals surface area contributed by atoms with Crippen LogP contribution in [0.1, 0.15) is 23.4 Å². The molecule has 0 aromatic carbocycles. The quantitative estimate of drug-likeness (QED) is 0.752. The molecule has 0 atom stereocenters. The van der Waals surface area contributed by atoms with Gasteiger partial charge in [0.1, 0.15) is 6.07 Å². The second kappa shape index (κ2) is 4.86. The molecular weight excluding hydrogens is 214 g/mol. The lowest BCUT2D eigenvalue weighted by Gasteiger charge is -2.12. The number of rotatable bonds is 2. The summed E-state index contributed by atoms with van der Waals surface area (Å²) in [7, 11) is 6.09. The van der Waals surface area contributed by atoms with Gasteiger partial charge in [0.2, 0.25) is 0 Å². The predicted molar refractivity (Wildman–Crippen MR) is 65.3 cm³/mol. The topological polar surface area (TPSA) is 48.1 Å². The molecule has 0 bridgehead atoms. The molecule has 0 radical (unpaired) electrons. The van der Waals surface area contributed by atoms with E-state index in [9.17, 15) is 5.26 Å². The molecule has 2 heterocycles. The van der Waals surface area contributed by atoms with Gasteiger partial charge in [-0.3, -0.25) is 4.68 Å². The van der Waals surface area contributed by atoms with Gasteiger partial charge >= 0.3 is 0 Å². The van der Waals surface area contributed by atoms with Crippen LogP contribution in [-0.4, -0.2) is 47.3 Å². The van der Waals surface area contributed by atoms with Crippen LogP contribution in [0.2, 0.25) is 0 Å². The first-order valence-corrected chi connectivity index (χ1v) is 5.93. The zero-order chi connectivity index (χ0) is 12.4. The largest absolute Gasteiger partial charge is 0.303 e. The summed E-state index contributed by atoms with van der Waals surface area (Å²) in [6.07, 6.45) is 1.09. The summed E-state index contributed by atoms with van der Waals surface area (Å²) < 4.78 is 2.01. The van der Waals surface area contributed by atoms with Gasteiger partial charge in [0, 0.05) is 26.2 Å². The van der Waals surface area contributed by atoms with E-state index in [0.717, 1.165) is 49.6 Å². The van der Waals surface area contributed by atoms with Gasteiger partial charge in [0.25, 0.3) is 0 Å². The lowest BCUT2D eigenvalue weighted by molar-refractivity contribution is 0.331. The average Bonchev–Trinajstić information content (AvgIpc) is 2.43. The van der Waals surface area contributed by atoms with E-state index in [1.165, 1.54) is 0 Å². The molecule has 2 rings (SSSR count). The van der Waals surface area contributed by atoms with Crippen molar-refractivity contribution in [1.29, 1.82) is 5.26 Å². The number of fused-ring (bicyclic) bond motifs is 1. The Bertz CT molecular complexity index is 440. The van der Waals surface area contributed by atoms with Gasteiger partial charge in [-0.25, -0.2) is 0 Å². The van der Waals surface area contributed by atoms with Crippen molar-refractivity contribution in [2.45, 2.75) is 26.1 Å². The molecule has 17 heavy (non-hydrogen) atoms. The van der Waals surface area contributed by atoms with Gasteiger partial charge in [-0.05, 0) is 27.6 Å². The van der Waals surface area contributed by atoms with Crippen LogP contribution >= 0.6 is 0 Å². The Morgan fingerprint density at radius 2 is 2.18 bits per heavy atom. The smallest absolute Gasteiger partial charge is 0.103 e. The molecule has 0 aliphatic carbocycles. The maximum Gasteiger partial charge on any atom is 0.103 e. The average molecular weight is 233 g/mol. The second-order valence-corrected chi connectivity index (χ2v) is 4.93.